The Kier molecular flexibility index (Phi) is 3.05. The lowest BCUT2D eigenvalue weighted by Gasteiger charge is -2.04. The van der Waals surface area contributed by atoms with E-state index in [9.17, 15) is 9.82 Å². The van der Waals surface area contributed by atoms with E-state index in [1.165, 1.54) is 11.3 Å². The number of hydrogen-bond acceptors (Lipinski definition) is 6. The molecule has 1 aromatic heterocycles. The number of carbonyl (C=O) groups is 1. The molecule has 3 rings (SSSR count). The molecule has 0 radical (unpaired) electrons. The fourth-order valence-electron chi connectivity index (χ4n) is 1.87. The summed E-state index contributed by atoms with van der Waals surface area (Å²) in [6.45, 7) is 2.18. The minimum Gasteiger partial charge on any atom is -0.423 e. The molecule has 0 bridgehead atoms. The number of aryl methyl sites for hydroxylation is 1. The Morgan fingerprint density at radius 1 is 1.53 bits per heavy atom. The van der Waals surface area contributed by atoms with Gasteiger partial charge >= 0.3 is 7.12 Å². The van der Waals surface area contributed by atoms with E-state index in [1.54, 1.807) is 18.2 Å². The van der Waals surface area contributed by atoms with Crippen molar-refractivity contribution in [2.45, 2.75) is 13.5 Å². The van der Waals surface area contributed by atoms with Gasteiger partial charge in [0.05, 0.1) is 6.61 Å². The van der Waals surface area contributed by atoms with Gasteiger partial charge in [0.15, 0.2) is 0 Å². The van der Waals surface area contributed by atoms with Crippen molar-refractivity contribution >= 4 is 35.0 Å². The van der Waals surface area contributed by atoms with E-state index in [1.807, 2.05) is 6.92 Å². The predicted octanol–water partition coefficient (Wildman–Crippen LogP) is 0.317. The molecule has 6 nitrogen and oxygen atoms in total. The number of nitrogens with zero attached hydrogens (tertiary/aromatic N) is 2. The van der Waals surface area contributed by atoms with Crippen molar-refractivity contribution in [1.29, 1.82) is 0 Å². The molecule has 1 amide bonds. The van der Waals surface area contributed by atoms with E-state index in [2.05, 4.69) is 15.5 Å². The number of fused-ring (bicyclic) bond motifs is 1. The summed E-state index contributed by atoms with van der Waals surface area (Å²) in [5.41, 5.74) is 1.99. The Bertz CT molecular complexity index is 646. The van der Waals surface area contributed by atoms with Crippen molar-refractivity contribution < 1.29 is 14.5 Å². The monoisotopic (exact) mass is 275 g/mol. The first-order chi connectivity index (χ1) is 9.13. The van der Waals surface area contributed by atoms with Gasteiger partial charge in [0.2, 0.25) is 5.13 Å². The zero-order chi connectivity index (χ0) is 13.4. The second-order valence-electron chi connectivity index (χ2n) is 4.16. The van der Waals surface area contributed by atoms with Gasteiger partial charge in [-0.3, -0.25) is 10.1 Å². The molecule has 19 heavy (non-hydrogen) atoms. The fourth-order valence-corrected chi connectivity index (χ4v) is 2.46. The minimum atomic E-state index is -0.952. The van der Waals surface area contributed by atoms with Crippen LogP contribution in [0.3, 0.4) is 0 Å². The summed E-state index contributed by atoms with van der Waals surface area (Å²) in [6, 6.07) is 5.12. The molecule has 0 saturated carbocycles. The zero-order valence-electron chi connectivity index (χ0n) is 10.1. The van der Waals surface area contributed by atoms with Crippen LogP contribution in [0.1, 0.15) is 20.9 Å². The quantitative estimate of drug-likeness (QED) is 0.771. The molecular formula is C11H10BN3O3S. The summed E-state index contributed by atoms with van der Waals surface area (Å²) < 4.78 is 5.08. The third-order valence-corrected chi connectivity index (χ3v) is 3.57. The summed E-state index contributed by atoms with van der Waals surface area (Å²) >= 11 is 1.31. The second kappa shape index (κ2) is 4.73. The first kappa shape index (κ1) is 12.3. The van der Waals surface area contributed by atoms with E-state index >= 15 is 0 Å². The molecule has 1 aromatic carbocycles. The van der Waals surface area contributed by atoms with E-state index in [0.29, 0.717) is 22.8 Å². The number of aromatic nitrogens is 2. The predicted molar refractivity (Wildman–Crippen MR) is 71.4 cm³/mol. The molecule has 1 aliphatic heterocycles. The van der Waals surface area contributed by atoms with Crippen LogP contribution in [0, 0.1) is 6.92 Å². The van der Waals surface area contributed by atoms with Gasteiger partial charge < -0.3 is 9.68 Å². The molecule has 2 N–H and O–H groups in total. The average Bonchev–Trinajstić information content (AvgIpc) is 2.96. The zero-order valence-corrected chi connectivity index (χ0v) is 10.9. The molecule has 2 aromatic rings. The maximum Gasteiger partial charge on any atom is 0.491 e. The SMILES string of the molecule is Cc1nnc(NC(=O)c2ccc3c(c2)B(O)OC3)s1. The molecule has 0 atom stereocenters. The number of amides is 1. The van der Waals surface area contributed by atoms with Gasteiger partial charge in [-0.25, -0.2) is 0 Å². The number of anilines is 1. The first-order valence-corrected chi connectivity index (χ1v) is 6.49. The Morgan fingerprint density at radius 2 is 2.37 bits per heavy atom. The molecule has 96 valence electrons. The third-order valence-electron chi connectivity index (χ3n) is 2.82. The number of hydrogen-bond donors (Lipinski definition) is 2. The van der Waals surface area contributed by atoms with Crippen LogP contribution >= 0.6 is 11.3 Å². The highest BCUT2D eigenvalue weighted by Gasteiger charge is 2.28. The average molecular weight is 275 g/mol. The summed E-state index contributed by atoms with van der Waals surface area (Å²) in [5, 5.41) is 21.2. The lowest BCUT2D eigenvalue weighted by molar-refractivity contribution is 0.102. The minimum absolute atomic E-state index is 0.280. The van der Waals surface area contributed by atoms with Crippen LogP contribution in [0.4, 0.5) is 5.13 Å². The summed E-state index contributed by atoms with van der Waals surface area (Å²) in [4.78, 5) is 12.0. The highest BCUT2D eigenvalue weighted by Crippen LogP contribution is 2.16. The highest BCUT2D eigenvalue weighted by atomic mass is 32.1. The number of benzene rings is 1. The molecule has 8 heteroatoms. The van der Waals surface area contributed by atoms with Crippen molar-refractivity contribution in [2.75, 3.05) is 5.32 Å². The van der Waals surface area contributed by atoms with E-state index < -0.39 is 7.12 Å². The van der Waals surface area contributed by atoms with Crippen LogP contribution in [0.2, 0.25) is 0 Å². The second-order valence-corrected chi connectivity index (χ2v) is 5.34. The van der Waals surface area contributed by atoms with Crippen LogP contribution in [0.25, 0.3) is 0 Å². The molecule has 1 aliphatic rings. The van der Waals surface area contributed by atoms with Crippen LogP contribution < -0.4 is 10.8 Å². The number of carbonyl (C=O) groups excluding carboxylic acids is 1. The molecule has 0 fully saturated rings. The van der Waals surface area contributed by atoms with Gasteiger partial charge in [-0.2, -0.15) is 0 Å². The maximum atomic E-state index is 12.0. The van der Waals surface area contributed by atoms with Crippen molar-refractivity contribution in [2.24, 2.45) is 0 Å². The van der Waals surface area contributed by atoms with Gasteiger partial charge in [-0.1, -0.05) is 17.4 Å². The Hall–Kier alpha value is -1.77. The van der Waals surface area contributed by atoms with Crippen molar-refractivity contribution in [1.82, 2.24) is 10.2 Å². The Balaban J connectivity index is 1.82. The Labute approximate surface area is 113 Å². The highest BCUT2D eigenvalue weighted by molar-refractivity contribution is 7.15. The van der Waals surface area contributed by atoms with E-state index in [-0.39, 0.29) is 5.91 Å². The Morgan fingerprint density at radius 3 is 3.11 bits per heavy atom. The van der Waals surface area contributed by atoms with E-state index in [4.69, 9.17) is 4.65 Å². The first-order valence-electron chi connectivity index (χ1n) is 5.67. The van der Waals surface area contributed by atoms with Crippen LogP contribution in [0.15, 0.2) is 18.2 Å². The lowest BCUT2D eigenvalue weighted by Crippen LogP contribution is -2.29. The van der Waals surface area contributed by atoms with Gasteiger partial charge in [-0.15, -0.1) is 10.2 Å². The smallest absolute Gasteiger partial charge is 0.423 e. The van der Waals surface area contributed by atoms with Gasteiger partial charge in [0, 0.05) is 5.56 Å². The molecule has 0 saturated heterocycles. The lowest BCUT2D eigenvalue weighted by atomic mass is 9.79. The normalized spacial score (nSPS) is 13.5. The maximum absolute atomic E-state index is 12.0. The molecular weight excluding hydrogens is 265 g/mol. The van der Waals surface area contributed by atoms with E-state index in [0.717, 1.165) is 10.6 Å². The van der Waals surface area contributed by atoms with Gasteiger partial charge in [0.25, 0.3) is 5.91 Å². The molecule has 2 heterocycles. The molecule has 0 spiro atoms. The summed E-state index contributed by atoms with van der Waals surface area (Å²) in [6.07, 6.45) is 0. The van der Waals surface area contributed by atoms with Crippen molar-refractivity contribution in [3.8, 4) is 0 Å². The molecule has 0 aliphatic carbocycles. The van der Waals surface area contributed by atoms with Gasteiger partial charge in [0.1, 0.15) is 5.01 Å². The fraction of sp³-hybridized carbons (Fsp3) is 0.182. The summed E-state index contributed by atoms with van der Waals surface area (Å²) in [5.74, 6) is -0.280. The van der Waals surface area contributed by atoms with Crippen molar-refractivity contribution in [3.63, 3.8) is 0 Å². The van der Waals surface area contributed by atoms with Crippen LogP contribution in [0.5, 0.6) is 0 Å². The van der Waals surface area contributed by atoms with Crippen LogP contribution in [-0.4, -0.2) is 28.2 Å². The number of nitrogens with one attached hydrogen (secondary N) is 1. The largest absolute Gasteiger partial charge is 0.491 e. The van der Waals surface area contributed by atoms with Gasteiger partial charge in [-0.05, 0) is 30.1 Å². The standard InChI is InChI=1S/C11H10BN3O3S/c1-6-14-15-11(19-6)13-10(16)7-2-3-8-5-18-12(17)9(8)4-7/h2-4,17H,5H2,1H3,(H,13,15,16). The van der Waals surface area contributed by atoms with Crippen molar-refractivity contribution in [3.05, 3.63) is 34.3 Å². The topological polar surface area (TPSA) is 84.3 Å². The summed E-state index contributed by atoms with van der Waals surface area (Å²) in [7, 11) is -0.952. The van der Waals surface area contributed by atoms with Crippen LogP contribution in [-0.2, 0) is 11.3 Å². The number of rotatable bonds is 2. The third kappa shape index (κ3) is 2.37. The molecule has 0 unspecified atom stereocenters.